The van der Waals surface area contributed by atoms with Gasteiger partial charge < -0.3 is 10.2 Å². The molecule has 1 aromatic carbocycles. The zero-order valence-corrected chi connectivity index (χ0v) is 25.0. The van der Waals surface area contributed by atoms with Gasteiger partial charge >= 0.3 is 0 Å². The predicted molar refractivity (Wildman–Crippen MR) is 156 cm³/mol. The molecule has 2 atom stereocenters. The molecule has 7 nitrogen and oxygen atoms in total. The molecule has 1 aromatic rings. The van der Waals surface area contributed by atoms with Crippen LogP contribution in [0.4, 0.5) is 0 Å². The molecule has 1 saturated carbocycles. The number of benzene rings is 1. The highest BCUT2D eigenvalue weighted by atomic mass is 35.5. The van der Waals surface area contributed by atoms with Crippen LogP contribution in [0.5, 0.6) is 0 Å². The van der Waals surface area contributed by atoms with Crippen molar-refractivity contribution in [2.45, 2.75) is 90.3 Å². The summed E-state index contributed by atoms with van der Waals surface area (Å²) in [6.45, 7) is 9.56. The molecule has 8 heteroatoms. The van der Waals surface area contributed by atoms with Crippen LogP contribution < -0.4 is 5.32 Å². The molecule has 3 fully saturated rings. The molecule has 0 spiro atoms. The van der Waals surface area contributed by atoms with Crippen LogP contribution in [0.1, 0.15) is 71.3 Å². The van der Waals surface area contributed by atoms with Gasteiger partial charge in [0.25, 0.3) is 0 Å². The van der Waals surface area contributed by atoms with E-state index in [1.165, 1.54) is 19.3 Å². The van der Waals surface area contributed by atoms with Crippen LogP contribution in [0.15, 0.2) is 24.3 Å². The SMILES string of the molecule is CC(=O)C1(C2CCCCC2)CCN(C(=O)[C@@H](Cc2ccc(Cl)cc2)NC(=O)[C@@H]2CN(C(C)C)CCN2C)CC1. The van der Waals surface area contributed by atoms with Gasteiger partial charge in [-0.05, 0) is 77.1 Å². The number of hydrogen-bond acceptors (Lipinski definition) is 5. The molecule has 0 aromatic heterocycles. The van der Waals surface area contributed by atoms with Gasteiger partial charge in [0.2, 0.25) is 11.8 Å². The van der Waals surface area contributed by atoms with Crippen LogP contribution in [0.2, 0.25) is 5.02 Å². The summed E-state index contributed by atoms with van der Waals surface area (Å²) in [7, 11) is 1.98. The van der Waals surface area contributed by atoms with E-state index in [4.69, 9.17) is 11.6 Å². The van der Waals surface area contributed by atoms with Crippen LogP contribution in [-0.2, 0) is 20.8 Å². The summed E-state index contributed by atoms with van der Waals surface area (Å²) in [6.07, 6.45) is 7.72. The normalized spacial score (nSPS) is 23.9. The number of nitrogens with zero attached hydrogens (tertiary/aromatic N) is 3. The maximum absolute atomic E-state index is 14.0. The summed E-state index contributed by atoms with van der Waals surface area (Å²) in [5, 5.41) is 3.79. The summed E-state index contributed by atoms with van der Waals surface area (Å²) in [5.41, 5.74) is 0.646. The van der Waals surface area contributed by atoms with E-state index < -0.39 is 6.04 Å². The lowest BCUT2D eigenvalue weighted by Gasteiger charge is -2.47. The number of likely N-dealkylation sites (N-methyl/N-ethyl adjacent to an activating group) is 1. The average Bonchev–Trinajstić information content (AvgIpc) is 2.94. The van der Waals surface area contributed by atoms with Crippen molar-refractivity contribution in [3.63, 3.8) is 0 Å². The fourth-order valence-corrected chi connectivity index (χ4v) is 7.15. The molecule has 216 valence electrons. The first-order valence-corrected chi connectivity index (χ1v) is 15.3. The van der Waals surface area contributed by atoms with Gasteiger partial charge in [-0.25, -0.2) is 0 Å². The van der Waals surface area contributed by atoms with Crippen LogP contribution in [-0.4, -0.2) is 90.2 Å². The van der Waals surface area contributed by atoms with Gasteiger partial charge in [-0.1, -0.05) is 43.0 Å². The van der Waals surface area contributed by atoms with E-state index in [2.05, 4.69) is 29.0 Å². The number of piperidine rings is 1. The van der Waals surface area contributed by atoms with Crippen molar-refractivity contribution in [2.75, 3.05) is 39.8 Å². The molecule has 2 aliphatic heterocycles. The minimum atomic E-state index is -0.666. The standard InChI is InChI=1S/C31H47ClN4O3/c1-22(2)36-19-18-34(4)28(21-36)29(38)33-27(20-24-10-12-26(32)13-11-24)30(39)35-16-14-31(15-17-35,23(3)37)25-8-6-5-7-9-25/h10-13,22,25,27-28H,5-9,14-21H2,1-4H3,(H,33,38)/t27-,28+/m1/s1. The first kappa shape index (κ1) is 30.0. The molecule has 0 unspecified atom stereocenters. The van der Waals surface area contributed by atoms with E-state index in [1.807, 2.05) is 36.2 Å². The summed E-state index contributed by atoms with van der Waals surface area (Å²) >= 11 is 6.11. The van der Waals surface area contributed by atoms with Gasteiger partial charge in [0.05, 0.1) is 0 Å². The number of amides is 2. The van der Waals surface area contributed by atoms with E-state index in [1.54, 1.807) is 6.92 Å². The number of halogens is 1. The highest BCUT2D eigenvalue weighted by Gasteiger charge is 2.46. The quantitative estimate of drug-likeness (QED) is 0.518. The largest absolute Gasteiger partial charge is 0.343 e. The molecule has 1 N–H and O–H groups in total. The first-order valence-electron chi connectivity index (χ1n) is 14.9. The van der Waals surface area contributed by atoms with Gasteiger partial charge in [0.15, 0.2) is 0 Å². The molecule has 2 heterocycles. The van der Waals surface area contributed by atoms with E-state index >= 15 is 0 Å². The Hall–Kier alpha value is -1.96. The lowest BCUT2D eigenvalue weighted by Crippen LogP contribution is -2.62. The molecule has 2 amide bonds. The molecule has 1 aliphatic carbocycles. The van der Waals surface area contributed by atoms with Crippen LogP contribution in [0, 0.1) is 11.3 Å². The van der Waals surface area contributed by atoms with Crippen molar-refractivity contribution in [2.24, 2.45) is 11.3 Å². The number of piperazine rings is 1. The van der Waals surface area contributed by atoms with Crippen LogP contribution >= 0.6 is 11.6 Å². The number of likely N-dealkylation sites (tertiary alicyclic amines) is 1. The Labute approximate surface area is 239 Å². The Morgan fingerprint density at radius 2 is 1.64 bits per heavy atom. The zero-order chi connectivity index (χ0) is 28.2. The highest BCUT2D eigenvalue weighted by molar-refractivity contribution is 6.30. The average molecular weight is 559 g/mol. The zero-order valence-electron chi connectivity index (χ0n) is 24.3. The van der Waals surface area contributed by atoms with Gasteiger partial charge in [-0.3, -0.25) is 24.2 Å². The fourth-order valence-electron chi connectivity index (χ4n) is 7.02. The summed E-state index contributed by atoms with van der Waals surface area (Å²) in [4.78, 5) is 46.8. The third-order valence-electron chi connectivity index (χ3n) is 9.74. The maximum Gasteiger partial charge on any atom is 0.245 e. The smallest absolute Gasteiger partial charge is 0.245 e. The minimum Gasteiger partial charge on any atom is -0.343 e. The molecule has 0 radical (unpaired) electrons. The summed E-state index contributed by atoms with van der Waals surface area (Å²) < 4.78 is 0. The third kappa shape index (κ3) is 7.04. The first-order chi connectivity index (χ1) is 18.6. The third-order valence-corrected chi connectivity index (χ3v) is 9.99. The molecular weight excluding hydrogens is 512 g/mol. The number of carbonyl (C=O) groups excluding carboxylic acids is 3. The number of Topliss-reactive ketones (excluding diaryl/α,β-unsaturated/α-hetero) is 1. The molecular formula is C31H47ClN4O3. The van der Waals surface area contributed by atoms with Crippen LogP contribution in [0.25, 0.3) is 0 Å². The van der Waals surface area contributed by atoms with Crippen molar-refractivity contribution in [1.82, 2.24) is 20.0 Å². The van der Waals surface area contributed by atoms with Crippen molar-refractivity contribution in [3.8, 4) is 0 Å². The lowest BCUT2D eigenvalue weighted by molar-refractivity contribution is -0.145. The molecule has 4 rings (SSSR count). The van der Waals surface area contributed by atoms with E-state index in [-0.39, 0.29) is 29.1 Å². The van der Waals surface area contributed by atoms with Gasteiger partial charge in [-0.15, -0.1) is 0 Å². The number of ketones is 1. The Kier molecular flexibility index (Phi) is 10.1. The van der Waals surface area contributed by atoms with Crippen LogP contribution in [0.3, 0.4) is 0 Å². The number of hydrogen-bond donors (Lipinski definition) is 1. The fraction of sp³-hybridized carbons (Fsp3) is 0.710. The van der Waals surface area contributed by atoms with Crippen molar-refractivity contribution >= 4 is 29.2 Å². The summed E-state index contributed by atoms with van der Waals surface area (Å²) in [6, 6.07) is 6.87. The van der Waals surface area contributed by atoms with Crippen molar-refractivity contribution < 1.29 is 14.4 Å². The molecule has 3 aliphatic rings. The van der Waals surface area contributed by atoms with Gasteiger partial charge in [0, 0.05) is 55.6 Å². The van der Waals surface area contributed by atoms with E-state index in [0.717, 1.165) is 44.3 Å². The molecule has 2 saturated heterocycles. The lowest BCUT2D eigenvalue weighted by atomic mass is 9.62. The summed E-state index contributed by atoms with van der Waals surface area (Å²) in [5.74, 6) is 0.546. The Balaban J connectivity index is 1.49. The minimum absolute atomic E-state index is 0.0572. The number of rotatable bonds is 8. The maximum atomic E-state index is 14.0. The Morgan fingerprint density at radius 3 is 2.23 bits per heavy atom. The Bertz CT molecular complexity index is 1000. The van der Waals surface area contributed by atoms with E-state index in [9.17, 15) is 14.4 Å². The topological polar surface area (TPSA) is 73.0 Å². The second kappa shape index (κ2) is 13.1. The number of nitrogens with one attached hydrogen (secondary N) is 1. The van der Waals surface area contributed by atoms with Gasteiger partial charge in [-0.2, -0.15) is 0 Å². The Morgan fingerprint density at radius 1 is 1.00 bits per heavy atom. The molecule has 39 heavy (non-hydrogen) atoms. The second-order valence-corrected chi connectivity index (χ2v) is 12.8. The van der Waals surface area contributed by atoms with Crippen molar-refractivity contribution in [3.05, 3.63) is 34.9 Å². The van der Waals surface area contributed by atoms with Crippen molar-refractivity contribution in [1.29, 1.82) is 0 Å². The number of carbonyl (C=O) groups is 3. The monoisotopic (exact) mass is 558 g/mol. The highest BCUT2D eigenvalue weighted by Crippen LogP contribution is 2.46. The van der Waals surface area contributed by atoms with Gasteiger partial charge in [0.1, 0.15) is 17.9 Å². The second-order valence-electron chi connectivity index (χ2n) is 12.3. The molecule has 0 bridgehead atoms. The van der Waals surface area contributed by atoms with E-state index in [0.29, 0.717) is 43.0 Å². The predicted octanol–water partition coefficient (Wildman–Crippen LogP) is 4.17.